The lowest BCUT2D eigenvalue weighted by atomic mass is 10.2. The first-order valence-corrected chi connectivity index (χ1v) is 11.0. The molecule has 0 radical (unpaired) electrons. The van der Waals surface area contributed by atoms with Crippen LogP contribution in [0.15, 0.2) is 45.9 Å². The summed E-state index contributed by atoms with van der Waals surface area (Å²) in [6.07, 6.45) is 1.53. The molecule has 1 aliphatic heterocycles. The van der Waals surface area contributed by atoms with Crippen LogP contribution in [0.1, 0.15) is 12.2 Å². The van der Waals surface area contributed by atoms with Crippen LogP contribution in [0, 0.1) is 5.82 Å². The van der Waals surface area contributed by atoms with E-state index in [4.69, 9.17) is 16.0 Å². The molecule has 1 aliphatic rings. The van der Waals surface area contributed by atoms with Crippen molar-refractivity contribution < 1.29 is 25.6 Å². The zero-order valence-corrected chi connectivity index (χ0v) is 15.3. The van der Waals surface area contributed by atoms with Crippen molar-refractivity contribution in [3.8, 4) is 0 Å². The van der Waals surface area contributed by atoms with Crippen molar-refractivity contribution in [3.05, 3.63) is 53.2 Å². The Bertz CT molecular complexity index is 973. The Hall–Kier alpha value is -1.42. The lowest BCUT2D eigenvalue weighted by Gasteiger charge is -2.26. The quantitative estimate of drug-likeness (QED) is 0.760. The monoisotopic (exact) mass is 407 g/mol. The van der Waals surface area contributed by atoms with E-state index in [1.54, 1.807) is 12.1 Å². The van der Waals surface area contributed by atoms with Crippen LogP contribution in [0.2, 0.25) is 5.02 Å². The zero-order chi connectivity index (χ0) is 18.2. The van der Waals surface area contributed by atoms with Crippen LogP contribution < -0.4 is 0 Å². The second-order valence-electron chi connectivity index (χ2n) is 5.76. The highest BCUT2D eigenvalue weighted by Crippen LogP contribution is 2.29. The molecule has 0 spiro atoms. The van der Waals surface area contributed by atoms with Gasteiger partial charge < -0.3 is 4.42 Å². The minimum atomic E-state index is -4.28. The van der Waals surface area contributed by atoms with Gasteiger partial charge in [-0.3, -0.25) is 0 Å². The molecule has 25 heavy (non-hydrogen) atoms. The van der Waals surface area contributed by atoms with E-state index in [1.807, 2.05) is 0 Å². The molecule has 1 aromatic heterocycles. The van der Waals surface area contributed by atoms with Gasteiger partial charge >= 0.3 is 0 Å². The summed E-state index contributed by atoms with van der Waals surface area (Å²) in [5.41, 5.74) is 0. The molecule has 0 bridgehead atoms. The average molecular weight is 408 g/mol. The van der Waals surface area contributed by atoms with Crippen LogP contribution in [0.3, 0.4) is 0 Å². The second kappa shape index (κ2) is 6.71. The predicted octanol–water partition coefficient (Wildman–Crippen LogP) is 2.45. The van der Waals surface area contributed by atoms with E-state index in [0.717, 1.165) is 16.4 Å². The Labute approximate surface area is 150 Å². The van der Waals surface area contributed by atoms with Crippen molar-refractivity contribution in [2.45, 2.75) is 23.9 Å². The second-order valence-corrected chi connectivity index (χ2v) is 10.3. The van der Waals surface area contributed by atoms with E-state index >= 15 is 0 Å². The maximum absolute atomic E-state index is 14.2. The number of rotatable bonds is 5. The first-order valence-electron chi connectivity index (χ1n) is 7.39. The minimum absolute atomic E-state index is 0.0671. The Balaban J connectivity index is 2.03. The van der Waals surface area contributed by atoms with Crippen LogP contribution in [-0.2, 0) is 26.4 Å². The summed E-state index contributed by atoms with van der Waals surface area (Å²) >= 11 is 5.68. The van der Waals surface area contributed by atoms with E-state index < -0.39 is 36.6 Å². The Morgan fingerprint density at radius 2 is 2.08 bits per heavy atom. The summed E-state index contributed by atoms with van der Waals surface area (Å²) in [7, 11) is -7.61. The van der Waals surface area contributed by atoms with Gasteiger partial charge in [-0.25, -0.2) is 21.2 Å². The Morgan fingerprint density at radius 3 is 2.64 bits per heavy atom. The van der Waals surface area contributed by atoms with Gasteiger partial charge in [0.1, 0.15) is 16.5 Å². The highest BCUT2D eigenvalue weighted by atomic mass is 35.5. The predicted molar refractivity (Wildman–Crippen MR) is 89.9 cm³/mol. The van der Waals surface area contributed by atoms with Gasteiger partial charge in [-0.1, -0.05) is 11.6 Å². The van der Waals surface area contributed by atoms with Crippen molar-refractivity contribution in [2.75, 3.05) is 11.5 Å². The number of sulfonamides is 1. The average Bonchev–Trinajstić information content (AvgIpc) is 3.13. The number of halogens is 2. The topological polar surface area (TPSA) is 84.7 Å². The van der Waals surface area contributed by atoms with Gasteiger partial charge in [0, 0.05) is 11.1 Å². The summed E-state index contributed by atoms with van der Waals surface area (Å²) in [6.45, 7) is -0.183. The van der Waals surface area contributed by atoms with Crippen LogP contribution in [-0.4, -0.2) is 38.7 Å². The number of benzene rings is 1. The van der Waals surface area contributed by atoms with Gasteiger partial charge in [-0.05, 0) is 36.8 Å². The normalized spacial score (nSPS) is 20.2. The molecule has 1 saturated heterocycles. The fraction of sp³-hybridized carbons (Fsp3) is 0.333. The molecular formula is C15H15ClFNO5S2. The molecule has 10 heteroatoms. The molecule has 6 nitrogen and oxygen atoms in total. The maximum atomic E-state index is 14.2. The molecule has 0 unspecified atom stereocenters. The molecule has 136 valence electrons. The SMILES string of the molecule is O=S1(=O)CC[C@H](N(Cc2ccco2)S(=O)(=O)c2ccc(Cl)cc2F)C1. The van der Waals surface area contributed by atoms with Crippen molar-refractivity contribution in [1.29, 1.82) is 0 Å². The Kier molecular flexibility index (Phi) is 4.93. The fourth-order valence-electron chi connectivity index (χ4n) is 2.78. The number of furan rings is 1. The van der Waals surface area contributed by atoms with Crippen LogP contribution in [0.4, 0.5) is 4.39 Å². The van der Waals surface area contributed by atoms with Crippen molar-refractivity contribution >= 4 is 31.5 Å². The third-order valence-electron chi connectivity index (χ3n) is 3.99. The van der Waals surface area contributed by atoms with Gasteiger partial charge in [0.25, 0.3) is 0 Å². The van der Waals surface area contributed by atoms with E-state index in [1.165, 1.54) is 12.3 Å². The molecule has 0 saturated carbocycles. The van der Waals surface area contributed by atoms with E-state index in [0.29, 0.717) is 5.76 Å². The molecule has 1 atom stereocenters. The summed E-state index contributed by atoms with van der Waals surface area (Å²) in [5.74, 6) is -1.06. The minimum Gasteiger partial charge on any atom is -0.468 e. The molecule has 0 aliphatic carbocycles. The number of hydrogen-bond donors (Lipinski definition) is 0. The van der Waals surface area contributed by atoms with Crippen molar-refractivity contribution in [1.82, 2.24) is 4.31 Å². The standard InChI is InChI=1S/C15H15ClFNO5S2/c16-11-3-4-15(14(17)8-11)25(21,22)18(9-13-2-1-6-23-13)12-5-7-24(19,20)10-12/h1-4,6,8,12H,5,7,9-10H2/t12-/m0/s1. The molecule has 2 aromatic rings. The van der Waals surface area contributed by atoms with Gasteiger partial charge in [0.05, 0.1) is 24.3 Å². The maximum Gasteiger partial charge on any atom is 0.246 e. The zero-order valence-electron chi connectivity index (χ0n) is 12.9. The third kappa shape index (κ3) is 3.89. The Morgan fingerprint density at radius 1 is 1.32 bits per heavy atom. The summed E-state index contributed by atoms with van der Waals surface area (Å²) in [5, 5.41) is 0.0671. The smallest absolute Gasteiger partial charge is 0.246 e. The van der Waals surface area contributed by atoms with Crippen molar-refractivity contribution in [2.24, 2.45) is 0 Å². The van der Waals surface area contributed by atoms with E-state index in [-0.39, 0.29) is 29.5 Å². The molecule has 0 N–H and O–H groups in total. The van der Waals surface area contributed by atoms with E-state index in [2.05, 4.69) is 0 Å². The van der Waals surface area contributed by atoms with Crippen molar-refractivity contribution in [3.63, 3.8) is 0 Å². The lowest BCUT2D eigenvalue weighted by Crippen LogP contribution is -2.40. The molecular weight excluding hydrogens is 393 g/mol. The number of hydrogen-bond acceptors (Lipinski definition) is 5. The van der Waals surface area contributed by atoms with Crippen LogP contribution in [0.25, 0.3) is 0 Å². The molecule has 3 rings (SSSR count). The number of sulfone groups is 1. The largest absolute Gasteiger partial charge is 0.468 e. The third-order valence-corrected chi connectivity index (χ3v) is 7.91. The molecule has 0 amide bonds. The summed E-state index contributed by atoms with van der Waals surface area (Å²) in [6, 6.07) is 5.64. The van der Waals surface area contributed by atoms with Gasteiger partial charge in [0.2, 0.25) is 10.0 Å². The fourth-order valence-corrected chi connectivity index (χ4v) is 6.43. The highest BCUT2D eigenvalue weighted by molar-refractivity contribution is 7.92. The summed E-state index contributed by atoms with van der Waals surface area (Å²) in [4.78, 5) is -0.548. The van der Waals surface area contributed by atoms with Gasteiger partial charge in [-0.15, -0.1) is 0 Å². The molecule has 1 fully saturated rings. The number of nitrogens with zero attached hydrogens (tertiary/aromatic N) is 1. The highest BCUT2D eigenvalue weighted by Gasteiger charge is 2.40. The van der Waals surface area contributed by atoms with Gasteiger partial charge in [0.15, 0.2) is 9.84 Å². The van der Waals surface area contributed by atoms with Gasteiger partial charge in [-0.2, -0.15) is 4.31 Å². The first kappa shape index (κ1) is 18.4. The van der Waals surface area contributed by atoms with E-state index in [9.17, 15) is 21.2 Å². The molecule has 2 heterocycles. The van der Waals surface area contributed by atoms with Crippen LogP contribution >= 0.6 is 11.6 Å². The molecule has 1 aromatic carbocycles. The lowest BCUT2D eigenvalue weighted by molar-refractivity contribution is 0.305. The van der Waals surface area contributed by atoms with Crippen LogP contribution in [0.5, 0.6) is 0 Å². The first-order chi connectivity index (χ1) is 11.7. The summed E-state index contributed by atoms with van der Waals surface area (Å²) < 4.78 is 69.9.